The minimum Gasteiger partial charge on any atom is -0.373 e. The molecular formula is C19H39O. The molecule has 0 rings (SSSR count). The van der Waals surface area contributed by atoms with Crippen LogP contribution in [0.3, 0.4) is 0 Å². The van der Waals surface area contributed by atoms with Gasteiger partial charge in [0.15, 0.2) is 0 Å². The molecule has 0 atom stereocenters. The lowest BCUT2D eigenvalue weighted by Crippen LogP contribution is -1.96. The van der Waals surface area contributed by atoms with Crippen molar-refractivity contribution in [2.24, 2.45) is 0 Å². The molecule has 0 unspecified atom stereocenters. The van der Waals surface area contributed by atoms with E-state index in [-0.39, 0.29) is 0 Å². The van der Waals surface area contributed by atoms with E-state index in [0.717, 1.165) is 12.7 Å². The van der Waals surface area contributed by atoms with Gasteiger partial charge in [0, 0.05) is 6.61 Å². The summed E-state index contributed by atoms with van der Waals surface area (Å²) in [5, 5.41) is 0. The van der Waals surface area contributed by atoms with Gasteiger partial charge in [-0.3, -0.25) is 0 Å². The van der Waals surface area contributed by atoms with Crippen LogP contribution in [0.2, 0.25) is 0 Å². The van der Waals surface area contributed by atoms with E-state index in [0.29, 0.717) is 0 Å². The summed E-state index contributed by atoms with van der Waals surface area (Å²) in [6, 6.07) is 0. The Morgan fingerprint density at radius 1 is 0.550 bits per heavy atom. The maximum atomic E-state index is 5.47. The largest absolute Gasteiger partial charge is 0.373 e. The SMILES string of the molecule is CCCCCCCCCCCCCCCCO[C](C)C. The molecule has 1 radical (unpaired) electrons. The van der Waals surface area contributed by atoms with Crippen molar-refractivity contribution in [2.75, 3.05) is 6.61 Å². The molecular weight excluding hydrogens is 244 g/mol. The Morgan fingerprint density at radius 2 is 0.900 bits per heavy atom. The molecule has 0 saturated heterocycles. The predicted octanol–water partition coefficient (Wildman–Crippen LogP) is 7.06. The second-order valence-electron chi connectivity index (χ2n) is 6.35. The molecule has 0 aromatic carbocycles. The highest BCUT2D eigenvalue weighted by molar-refractivity contribution is 4.59. The zero-order valence-electron chi connectivity index (χ0n) is 14.5. The monoisotopic (exact) mass is 283 g/mol. The Hall–Kier alpha value is -0.0400. The standard InChI is InChI=1S/C19H39O/c1-4-5-6-7-8-9-10-11-12-13-14-15-16-17-18-20-19(2)3/h4-18H2,1-3H3. The van der Waals surface area contributed by atoms with Gasteiger partial charge >= 0.3 is 0 Å². The van der Waals surface area contributed by atoms with Crippen LogP contribution in [0.4, 0.5) is 0 Å². The van der Waals surface area contributed by atoms with E-state index in [1.165, 1.54) is 89.9 Å². The summed E-state index contributed by atoms with van der Waals surface area (Å²) in [6.45, 7) is 7.27. The van der Waals surface area contributed by atoms with Crippen molar-refractivity contribution in [3.05, 3.63) is 6.10 Å². The molecule has 20 heavy (non-hydrogen) atoms. The Bertz CT molecular complexity index is 165. The zero-order chi connectivity index (χ0) is 14.9. The van der Waals surface area contributed by atoms with Crippen molar-refractivity contribution >= 4 is 0 Å². The maximum absolute atomic E-state index is 5.47. The van der Waals surface area contributed by atoms with Crippen molar-refractivity contribution < 1.29 is 4.74 Å². The van der Waals surface area contributed by atoms with E-state index >= 15 is 0 Å². The van der Waals surface area contributed by atoms with Crippen molar-refractivity contribution in [1.82, 2.24) is 0 Å². The van der Waals surface area contributed by atoms with Crippen LogP contribution < -0.4 is 0 Å². The van der Waals surface area contributed by atoms with Crippen LogP contribution in [0.1, 0.15) is 111 Å². The molecule has 0 saturated carbocycles. The Labute approximate surface area is 128 Å². The number of ether oxygens (including phenoxy) is 1. The van der Waals surface area contributed by atoms with E-state index in [1.54, 1.807) is 0 Å². The van der Waals surface area contributed by atoms with Crippen LogP contribution in [0.5, 0.6) is 0 Å². The smallest absolute Gasteiger partial charge is 0.0909 e. The first-order chi connectivity index (χ1) is 9.77. The summed E-state index contributed by atoms with van der Waals surface area (Å²) in [5.41, 5.74) is 0. The van der Waals surface area contributed by atoms with Gasteiger partial charge in [0.25, 0.3) is 0 Å². The van der Waals surface area contributed by atoms with Gasteiger partial charge in [0.1, 0.15) is 0 Å². The van der Waals surface area contributed by atoms with Crippen molar-refractivity contribution in [2.45, 2.75) is 111 Å². The molecule has 0 aliphatic rings. The van der Waals surface area contributed by atoms with Gasteiger partial charge in [-0.05, 0) is 20.3 Å². The van der Waals surface area contributed by atoms with Gasteiger partial charge in [0.2, 0.25) is 0 Å². The fourth-order valence-electron chi connectivity index (χ4n) is 2.57. The molecule has 0 N–H and O–H groups in total. The van der Waals surface area contributed by atoms with Crippen molar-refractivity contribution in [1.29, 1.82) is 0 Å². The molecule has 0 aromatic rings. The number of rotatable bonds is 16. The highest BCUT2D eigenvalue weighted by Gasteiger charge is 1.95. The molecule has 0 bridgehead atoms. The van der Waals surface area contributed by atoms with Gasteiger partial charge in [-0.15, -0.1) is 0 Å². The Kier molecular flexibility index (Phi) is 17.0. The third kappa shape index (κ3) is 18.0. The van der Waals surface area contributed by atoms with Crippen LogP contribution in [0.15, 0.2) is 0 Å². The Morgan fingerprint density at radius 3 is 1.25 bits per heavy atom. The van der Waals surface area contributed by atoms with Gasteiger partial charge < -0.3 is 4.74 Å². The summed E-state index contributed by atoms with van der Waals surface area (Å²) in [6.07, 6.45) is 20.9. The van der Waals surface area contributed by atoms with Gasteiger partial charge in [0.05, 0.1) is 6.10 Å². The first-order valence-corrected chi connectivity index (χ1v) is 9.20. The summed E-state index contributed by atoms with van der Waals surface area (Å²) < 4.78 is 5.47. The van der Waals surface area contributed by atoms with Crippen LogP contribution >= 0.6 is 0 Å². The first kappa shape index (κ1) is 20.0. The summed E-state index contributed by atoms with van der Waals surface area (Å²) in [4.78, 5) is 0. The highest BCUT2D eigenvalue weighted by Crippen LogP contribution is 2.13. The quantitative estimate of drug-likeness (QED) is 0.276. The molecule has 0 aromatic heterocycles. The fourth-order valence-corrected chi connectivity index (χ4v) is 2.57. The lowest BCUT2D eigenvalue weighted by atomic mass is 10.0. The number of hydrogen-bond acceptors (Lipinski definition) is 1. The van der Waals surface area contributed by atoms with Crippen LogP contribution in [0.25, 0.3) is 0 Å². The lowest BCUT2D eigenvalue weighted by Gasteiger charge is -2.06. The molecule has 0 heterocycles. The number of hydrogen-bond donors (Lipinski definition) is 0. The first-order valence-electron chi connectivity index (χ1n) is 9.20. The Balaban J connectivity index is 2.92. The summed E-state index contributed by atoms with van der Waals surface area (Å²) in [5.74, 6) is 0. The maximum Gasteiger partial charge on any atom is 0.0909 e. The van der Waals surface area contributed by atoms with E-state index in [2.05, 4.69) is 6.92 Å². The van der Waals surface area contributed by atoms with Gasteiger partial charge in [-0.1, -0.05) is 90.4 Å². The molecule has 0 fully saturated rings. The lowest BCUT2D eigenvalue weighted by molar-refractivity contribution is 0.151. The predicted molar refractivity (Wildman–Crippen MR) is 90.9 cm³/mol. The minimum atomic E-state index is 0.917. The van der Waals surface area contributed by atoms with Gasteiger partial charge in [-0.2, -0.15) is 0 Å². The third-order valence-corrected chi connectivity index (χ3v) is 3.89. The van der Waals surface area contributed by atoms with E-state index < -0.39 is 0 Å². The van der Waals surface area contributed by atoms with E-state index in [9.17, 15) is 0 Å². The average molecular weight is 284 g/mol. The topological polar surface area (TPSA) is 9.23 Å². The average Bonchev–Trinajstić information content (AvgIpc) is 2.43. The minimum absolute atomic E-state index is 0.917. The van der Waals surface area contributed by atoms with Crippen molar-refractivity contribution in [3.63, 3.8) is 0 Å². The molecule has 0 amide bonds. The number of unbranched alkanes of at least 4 members (excludes halogenated alkanes) is 13. The zero-order valence-corrected chi connectivity index (χ0v) is 14.5. The van der Waals surface area contributed by atoms with Crippen LogP contribution in [-0.2, 0) is 4.74 Å². The summed E-state index contributed by atoms with van der Waals surface area (Å²) >= 11 is 0. The molecule has 0 spiro atoms. The fraction of sp³-hybridized carbons (Fsp3) is 0.947. The normalized spacial score (nSPS) is 11.4. The molecule has 121 valence electrons. The summed E-state index contributed by atoms with van der Waals surface area (Å²) in [7, 11) is 0. The second-order valence-corrected chi connectivity index (χ2v) is 6.35. The molecule has 0 aliphatic heterocycles. The van der Waals surface area contributed by atoms with Crippen LogP contribution in [-0.4, -0.2) is 6.61 Å². The third-order valence-electron chi connectivity index (χ3n) is 3.89. The highest BCUT2D eigenvalue weighted by atomic mass is 16.5. The van der Waals surface area contributed by atoms with Crippen LogP contribution in [0, 0.1) is 6.10 Å². The molecule has 1 heteroatoms. The van der Waals surface area contributed by atoms with Crippen molar-refractivity contribution in [3.8, 4) is 0 Å². The van der Waals surface area contributed by atoms with E-state index in [1.807, 2.05) is 13.8 Å². The molecule has 1 nitrogen and oxygen atoms in total. The van der Waals surface area contributed by atoms with E-state index in [4.69, 9.17) is 4.74 Å². The second kappa shape index (κ2) is 17.0. The molecule has 0 aliphatic carbocycles. The van der Waals surface area contributed by atoms with Gasteiger partial charge in [-0.25, -0.2) is 0 Å².